The zero-order chi connectivity index (χ0) is 14.7. The zero-order valence-corrected chi connectivity index (χ0v) is 13.4. The quantitative estimate of drug-likeness (QED) is 0.601. The predicted octanol–water partition coefficient (Wildman–Crippen LogP) is 4.64. The monoisotopic (exact) mass is 376 g/mol. The summed E-state index contributed by atoms with van der Waals surface area (Å²) in [7, 11) is 0. The van der Waals surface area contributed by atoms with Gasteiger partial charge < -0.3 is 0 Å². The molecule has 0 saturated heterocycles. The first-order valence-electron chi connectivity index (χ1n) is 5.86. The highest BCUT2D eigenvalue weighted by Crippen LogP contribution is 2.32. The lowest BCUT2D eigenvalue weighted by Gasteiger charge is -2.19. The number of hydrazine groups is 1. The van der Waals surface area contributed by atoms with Gasteiger partial charge in [0.15, 0.2) is 0 Å². The molecule has 0 amide bonds. The normalized spacial score (nSPS) is 12.4. The third-order valence-corrected chi connectivity index (χ3v) is 4.03. The summed E-state index contributed by atoms with van der Waals surface area (Å²) in [6, 6.07) is 9.64. The molecule has 0 aromatic heterocycles. The van der Waals surface area contributed by atoms with Gasteiger partial charge in [-0.15, -0.1) is 0 Å². The van der Waals surface area contributed by atoms with E-state index in [4.69, 9.17) is 29.0 Å². The standard InChI is InChI=1S/C14H12BrCl2FN2/c15-9-4-8(5-10(18)7-9)6-13(20-19)14-11(16)2-1-3-12(14)17/h1-5,7,13,20H,6,19H2. The van der Waals surface area contributed by atoms with Gasteiger partial charge in [-0.05, 0) is 42.3 Å². The van der Waals surface area contributed by atoms with Crippen LogP contribution < -0.4 is 11.3 Å². The highest BCUT2D eigenvalue weighted by molar-refractivity contribution is 9.10. The van der Waals surface area contributed by atoms with E-state index in [1.54, 1.807) is 18.2 Å². The molecule has 0 aliphatic carbocycles. The number of hydrogen-bond donors (Lipinski definition) is 2. The van der Waals surface area contributed by atoms with Gasteiger partial charge >= 0.3 is 0 Å². The van der Waals surface area contributed by atoms with E-state index in [1.165, 1.54) is 12.1 Å². The first-order valence-corrected chi connectivity index (χ1v) is 7.41. The van der Waals surface area contributed by atoms with Crippen LogP contribution >= 0.6 is 39.1 Å². The van der Waals surface area contributed by atoms with Crippen molar-refractivity contribution in [1.29, 1.82) is 0 Å². The van der Waals surface area contributed by atoms with E-state index in [2.05, 4.69) is 21.4 Å². The van der Waals surface area contributed by atoms with Gasteiger partial charge in [0.05, 0.1) is 6.04 Å². The van der Waals surface area contributed by atoms with Gasteiger partial charge in [-0.3, -0.25) is 11.3 Å². The lowest BCUT2D eigenvalue weighted by atomic mass is 9.99. The van der Waals surface area contributed by atoms with Crippen LogP contribution in [-0.4, -0.2) is 0 Å². The molecule has 2 aromatic carbocycles. The third-order valence-electron chi connectivity index (χ3n) is 2.91. The summed E-state index contributed by atoms with van der Waals surface area (Å²) in [5.41, 5.74) is 4.18. The Kier molecular flexibility index (Phi) is 5.41. The minimum absolute atomic E-state index is 0.301. The largest absolute Gasteiger partial charge is 0.271 e. The molecule has 0 saturated carbocycles. The molecule has 0 aliphatic heterocycles. The minimum Gasteiger partial charge on any atom is -0.271 e. The molecule has 1 atom stereocenters. The summed E-state index contributed by atoms with van der Waals surface area (Å²) in [5, 5.41) is 1.05. The van der Waals surface area contributed by atoms with Crippen molar-refractivity contribution in [2.24, 2.45) is 5.84 Å². The van der Waals surface area contributed by atoms with Crippen molar-refractivity contribution in [3.8, 4) is 0 Å². The molecule has 3 N–H and O–H groups in total. The molecule has 0 spiro atoms. The molecular weight excluding hydrogens is 366 g/mol. The first-order chi connectivity index (χ1) is 9.51. The fourth-order valence-corrected chi connectivity index (χ4v) is 3.23. The number of nitrogens with two attached hydrogens (primary N) is 1. The fraction of sp³-hybridized carbons (Fsp3) is 0.143. The molecule has 0 bridgehead atoms. The maximum Gasteiger partial charge on any atom is 0.124 e. The minimum atomic E-state index is -0.310. The van der Waals surface area contributed by atoms with Crippen molar-refractivity contribution < 1.29 is 4.39 Å². The fourth-order valence-electron chi connectivity index (χ4n) is 2.05. The van der Waals surface area contributed by atoms with Gasteiger partial charge in [0.2, 0.25) is 0 Å². The summed E-state index contributed by atoms with van der Waals surface area (Å²) in [6.45, 7) is 0. The van der Waals surface area contributed by atoms with Crippen LogP contribution in [0, 0.1) is 5.82 Å². The van der Waals surface area contributed by atoms with E-state index in [0.29, 0.717) is 26.5 Å². The van der Waals surface area contributed by atoms with Gasteiger partial charge in [-0.1, -0.05) is 45.2 Å². The van der Waals surface area contributed by atoms with Gasteiger partial charge in [-0.25, -0.2) is 4.39 Å². The van der Waals surface area contributed by atoms with Crippen LogP contribution in [0.1, 0.15) is 17.2 Å². The SMILES string of the molecule is NNC(Cc1cc(F)cc(Br)c1)c1c(Cl)cccc1Cl. The Labute approximate surface area is 135 Å². The molecule has 2 rings (SSSR count). The molecule has 0 fully saturated rings. The average Bonchev–Trinajstić information content (AvgIpc) is 2.36. The summed E-state index contributed by atoms with van der Waals surface area (Å²) in [5.74, 6) is 5.28. The van der Waals surface area contributed by atoms with Crippen LogP contribution in [0.5, 0.6) is 0 Å². The van der Waals surface area contributed by atoms with Crippen LogP contribution in [-0.2, 0) is 6.42 Å². The topological polar surface area (TPSA) is 38.0 Å². The molecule has 2 nitrogen and oxygen atoms in total. The second-order valence-electron chi connectivity index (χ2n) is 4.34. The number of halogens is 4. The Morgan fingerprint density at radius 2 is 1.85 bits per heavy atom. The Balaban J connectivity index is 2.34. The lowest BCUT2D eigenvalue weighted by molar-refractivity contribution is 0.548. The molecule has 0 heterocycles. The van der Waals surface area contributed by atoms with Gasteiger partial charge in [-0.2, -0.15) is 0 Å². The average molecular weight is 378 g/mol. The summed E-state index contributed by atoms with van der Waals surface area (Å²) in [4.78, 5) is 0. The maximum absolute atomic E-state index is 13.4. The van der Waals surface area contributed by atoms with E-state index in [9.17, 15) is 4.39 Å². The van der Waals surface area contributed by atoms with Gasteiger partial charge in [0.25, 0.3) is 0 Å². The van der Waals surface area contributed by atoms with Crippen LogP contribution in [0.25, 0.3) is 0 Å². The van der Waals surface area contributed by atoms with Crippen LogP contribution in [0.3, 0.4) is 0 Å². The molecule has 1 unspecified atom stereocenters. The van der Waals surface area contributed by atoms with Crippen molar-refractivity contribution in [2.75, 3.05) is 0 Å². The van der Waals surface area contributed by atoms with E-state index in [0.717, 1.165) is 5.56 Å². The third kappa shape index (κ3) is 3.71. The number of rotatable bonds is 4. The Bertz CT molecular complexity index is 582. The van der Waals surface area contributed by atoms with E-state index in [1.807, 2.05) is 6.07 Å². The smallest absolute Gasteiger partial charge is 0.124 e. The van der Waals surface area contributed by atoms with Crippen LogP contribution in [0.4, 0.5) is 4.39 Å². The molecule has 106 valence electrons. The molecule has 0 radical (unpaired) electrons. The van der Waals surface area contributed by atoms with Gasteiger partial charge in [0, 0.05) is 20.1 Å². The van der Waals surface area contributed by atoms with Crippen LogP contribution in [0.2, 0.25) is 10.0 Å². The maximum atomic E-state index is 13.4. The first kappa shape index (κ1) is 15.7. The van der Waals surface area contributed by atoms with Crippen molar-refractivity contribution >= 4 is 39.1 Å². The Morgan fingerprint density at radius 3 is 2.40 bits per heavy atom. The molecular formula is C14H12BrCl2FN2. The van der Waals surface area contributed by atoms with E-state index in [-0.39, 0.29) is 11.9 Å². The molecule has 0 aliphatic rings. The van der Waals surface area contributed by atoms with E-state index >= 15 is 0 Å². The molecule has 2 aromatic rings. The lowest BCUT2D eigenvalue weighted by Crippen LogP contribution is -2.30. The number of hydrogen-bond acceptors (Lipinski definition) is 2. The second-order valence-corrected chi connectivity index (χ2v) is 6.07. The second kappa shape index (κ2) is 6.87. The van der Waals surface area contributed by atoms with Crippen molar-refractivity contribution in [3.63, 3.8) is 0 Å². The highest BCUT2D eigenvalue weighted by atomic mass is 79.9. The van der Waals surface area contributed by atoms with E-state index < -0.39 is 0 Å². The van der Waals surface area contributed by atoms with Crippen LogP contribution in [0.15, 0.2) is 40.9 Å². The number of nitrogens with one attached hydrogen (secondary N) is 1. The summed E-state index contributed by atoms with van der Waals surface area (Å²) in [6.07, 6.45) is 0.469. The summed E-state index contributed by atoms with van der Waals surface area (Å²) >= 11 is 15.6. The van der Waals surface area contributed by atoms with Gasteiger partial charge in [0.1, 0.15) is 5.82 Å². The van der Waals surface area contributed by atoms with Crippen molar-refractivity contribution in [1.82, 2.24) is 5.43 Å². The Hall–Kier alpha value is -0.650. The Morgan fingerprint density at radius 1 is 1.20 bits per heavy atom. The highest BCUT2D eigenvalue weighted by Gasteiger charge is 2.17. The zero-order valence-electron chi connectivity index (χ0n) is 10.3. The predicted molar refractivity (Wildman–Crippen MR) is 84.3 cm³/mol. The van der Waals surface area contributed by atoms with Crippen molar-refractivity contribution in [2.45, 2.75) is 12.5 Å². The summed E-state index contributed by atoms with van der Waals surface area (Å²) < 4.78 is 14.1. The molecule has 6 heteroatoms. The number of benzene rings is 2. The molecule has 20 heavy (non-hydrogen) atoms. The van der Waals surface area contributed by atoms with Crippen molar-refractivity contribution in [3.05, 3.63) is 67.9 Å².